The van der Waals surface area contributed by atoms with Crippen molar-refractivity contribution in [1.82, 2.24) is 8.61 Å². The molecule has 24 heavy (non-hydrogen) atoms. The summed E-state index contributed by atoms with van der Waals surface area (Å²) in [6.45, 7) is -3.80. The van der Waals surface area contributed by atoms with Gasteiger partial charge in [0.25, 0.3) is 10.0 Å². The highest BCUT2D eigenvalue weighted by Gasteiger charge is 2.60. The third-order valence-electron chi connectivity index (χ3n) is 2.88. The molecule has 1 rings (SSSR count). The van der Waals surface area contributed by atoms with Crippen LogP contribution in [0.3, 0.4) is 0 Å². The van der Waals surface area contributed by atoms with Gasteiger partial charge in [0.15, 0.2) is 5.75 Å². The van der Waals surface area contributed by atoms with E-state index in [0.29, 0.717) is 0 Å². The first-order valence-corrected chi connectivity index (χ1v) is 10.3. The largest absolute Gasteiger partial charge is 0.484 e. The lowest BCUT2D eigenvalue weighted by atomic mass is 10.4. The van der Waals surface area contributed by atoms with Crippen LogP contribution in [0, 0.1) is 0 Å². The molecule has 0 bridgehead atoms. The summed E-state index contributed by atoms with van der Waals surface area (Å²) in [7, 11) is -17.1. The second kappa shape index (κ2) is 6.27. The van der Waals surface area contributed by atoms with Gasteiger partial charge in [0.05, 0.1) is 0 Å². The van der Waals surface area contributed by atoms with Crippen molar-refractivity contribution < 1.29 is 51.8 Å². The Balaban J connectivity index is 2.94. The molecule has 9 nitrogen and oxygen atoms in total. The summed E-state index contributed by atoms with van der Waals surface area (Å²) in [6.07, 6.45) is -5.06. The molecule has 0 atom stereocenters. The topological polar surface area (TPSA) is 129 Å². The van der Waals surface area contributed by atoms with Crippen molar-refractivity contribution in [3.63, 3.8) is 0 Å². The molecule has 17 heteroatoms. The first-order valence-electron chi connectivity index (χ1n) is 5.81. The molecule has 1 saturated heterocycles. The number of rotatable bonds is 5. The number of sulfonamides is 2. The van der Waals surface area contributed by atoms with Crippen LogP contribution in [-0.4, -0.2) is 81.1 Å². The first kappa shape index (κ1) is 21.4. The molecule has 0 radical (unpaired) electrons. The fourth-order valence-electron chi connectivity index (χ4n) is 1.77. The summed E-state index contributed by atoms with van der Waals surface area (Å²) in [5.41, 5.74) is 0. The van der Waals surface area contributed by atoms with Crippen molar-refractivity contribution in [1.29, 1.82) is 0 Å². The Bertz CT molecular complexity index is 781. The summed E-state index contributed by atoms with van der Waals surface area (Å²) >= 11 is 0. The number of halogens is 5. The maximum Gasteiger partial charge on any atom is 0.484 e. The fraction of sp³-hybridized carbons (Fsp3) is 1.00. The van der Waals surface area contributed by atoms with Crippen molar-refractivity contribution >= 4 is 30.2 Å². The molecule has 1 aliphatic heterocycles. The Morgan fingerprint density at radius 1 is 0.792 bits per heavy atom. The third-order valence-corrected chi connectivity index (χ3v) is 8.23. The Kier molecular flexibility index (Phi) is 5.60. The SMILES string of the molecule is O=S(=O)(CC(F)(F)F)N1CCN(S(=O)(=O)C(F)(F)S(=O)(=O)O)CC1. The Hall–Kier alpha value is -0.620. The van der Waals surface area contributed by atoms with Crippen LogP contribution >= 0.6 is 0 Å². The quantitative estimate of drug-likeness (QED) is 0.453. The Morgan fingerprint density at radius 3 is 1.50 bits per heavy atom. The van der Waals surface area contributed by atoms with Gasteiger partial charge in [0, 0.05) is 26.2 Å². The average Bonchev–Trinajstić information content (AvgIpc) is 2.34. The zero-order chi connectivity index (χ0) is 19.2. The highest BCUT2D eigenvalue weighted by molar-refractivity contribution is 8.06. The van der Waals surface area contributed by atoms with Crippen LogP contribution in [-0.2, 0) is 30.2 Å². The fourth-order valence-corrected chi connectivity index (χ4v) is 5.41. The van der Waals surface area contributed by atoms with E-state index in [0.717, 1.165) is 0 Å². The van der Waals surface area contributed by atoms with Gasteiger partial charge < -0.3 is 0 Å². The number of nitrogens with zero attached hydrogens (tertiary/aromatic N) is 2. The summed E-state index contributed by atoms with van der Waals surface area (Å²) in [5, 5.41) is 0. The van der Waals surface area contributed by atoms with Gasteiger partial charge >= 0.3 is 20.9 Å². The molecule has 0 aromatic carbocycles. The van der Waals surface area contributed by atoms with Gasteiger partial charge in [-0.2, -0.15) is 39.0 Å². The zero-order valence-electron chi connectivity index (χ0n) is 11.4. The van der Waals surface area contributed by atoms with Gasteiger partial charge in [-0.1, -0.05) is 0 Å². The molecule has 0 unspecified atom stereocenters. The number of hydrogen-bond donors (Lipinski definition) is 1. The molecule has 1 aliphatic rings. The van der Waals surface area contributed by atoms with E-state index in [1.807, 2.05) is 0 Å². The predicted octanol–water partition coefficient (Wildman–Crippen LogP) is -0.736. The van der Waals surface area contributed by atoms with Gasteiger partial charge in [-0.15, -0.1) is 0 Å². The molecule has 0 aromatic heterocycles. The summed E-state index contributed by atoms with van der Waals surface area (Å²) in [4.78, 5) is 0. The molecule has 144 valence electrons. The second-order valence-electron chi connectivity index (χ2n) is 4.61. The first-order chi connectivity index (χ1) is 10.4. The van der Waals surface area contributed by atoms with Crippen LogP contribution in [0.5, 0.6) is 0 Å². The van der Waals surface area contributed by atoms with E-state index in [-0.39, 0.29) is 8.61 Å². The van der Waals surface area contributed by atoms with Gasteiger partial charge in [-0.05, 0) is 0 Å². The number of piperazine rings is 1. The van der Waals surface area contributed by atoms with E-state index >= 15 is 0 Å². The zero-order valence-corrected chi connectivity index (χ0v) is 13.9. The number of alkyl halides is 5. The van der Waals surface area contributed by atoms with E-state index in [1.54, 1.807) is 0 Å². The Labute approximate surface area is 133 Å². The third kappa shape index (κ3) is 4.31. The molecule has 1 fully saturated rings. The van der Waals surface area contributed by atoms with Crippen LogP contribution in [0.2, 0.25) is 0 Å². The van der Waals surface area contributed by atoms with E-state index < -0.39 is 72.9 Å². The smallest absolute Gasteiger partial charge is 0.280 e. The highest BCUT2D eigenvalue weighted by Crippen LogP contribution is 2.31. The minimum atomic E-state index is -6.32. The summed E-state index contributed by atoms with van der Waals surface area (Å²) in [6, 6.07) is 0. The molecule has 0 aromatic rings. The maximum atomic E-state index is 13.3. The molecule has 1 heterocycles. The minimum Gasteiger partial charge on any atom is -0.280 e. The highest BCUT2D eigenvalue weighted by atomic mass is 32.3. The standard InChI is InChI=1S/C7H11F5N2O7S3/c8-6(9,10)5-22(15,16)13-1-3-14(4-2-13)23(17,18)7(11,12)24(19,20)21/h1-5H2,(H,19,20,21). The second-order valence-corrected chi connectivity index (χ2v) is 10.3. The summed E-state index contributed by atoms with van der Waals surface area (Å²) < 4.78 is 133. The Morgan fingerprint density at radius 2 is 1.17 bits per heavy atom. The van der Waals surface area contributed by atoms with Gasteiger partial charge in [-0.25, -0.2) is 16.8 Å². The van der Waals surface area contributed by atoms with Crippen LogP contribution in [0.25, 0.3) is 0 Å². The maximum absolute atomic E-state index is 13.3. The van der Waals surface area contributed by atoms with Crippen molar-refractivity contribution in [2.75, 3.05) is 31.9 Å². The van der Waals surface area contributed by atoms with Crippen LogP contribution < -0.4 is 0 Å². The van der Waals surface area contributed by atoms with Crippen molar-refractivity contribution in [3.8, 4) is 0 Å². The van der Waals surface area contributed by atoms with Gasteiger partial charge in [-0.3, -0.25) is 4.55 Å². The molecule has 0 spiro atoms. The monoisotopic (exact) mass is 426 g/mol. The van der Waals surface area contributed by atoms with Crippen molar-refractivity contribution in [2.24, 2.45) is 0 Å². The van der Waals surface area contributed by atoms with Crippen LogP contribution in [0.1, 0.15) is 0 Å². The van der Waals surface area contributed by atoms with Crippen molar-refractivity contribution in [3.05, 3.63) is 0 Å². The van der Waals surface area contributed by atoms with E-state index in [4.69, 9.17) is 4.55 Å². The molecular weight excluding hydrogens is 415 g/mol. The van der Waals surface area contributed by atoms with E-state index in [1.165, 1.54) is 0 Å². The minimum absolute atomic E-state index is 0.125. The molecule has 0 amide bonds. The van der Waals surface area contributed by atoms with Gasteiger partial charge in [0.1, 0.15) is 0 Å². The van der Waals surface area contributed by atoms with Crippen LogP contribution in [0.15, 0.2) is 0 Å². The van der Waals surface area contributed by atoms with Crippen LogP contribution in [0.4, 0.5) is 22.0 Å². The van der Waals surface area contributed by atoms with Gasteiger partial charge in [0.2, 0.25) is 10.0 Å². The molecule has 0 aliphatic carbocycles. The van der Waals surface area contributed by atoms with E-state index in [9.17, 15) is 47.2 Å². The average molecular weight is 426 g/mol. The number of hydrogen-bond acceptors (Lipinski definition) is 6. The summed E-state index contributed by atoms with van der Waals surface area (Å²) in [5.74, 6) is -2.21. The lowest BCUT2D eigenvalue weighted by Crippen LogP contribution is -2.56. The lowest BCUT2D eigenvalue weighted by molar-refractivity contribution is -0.107. The predicted molar refractivity (Wildman–Crippen MR) is 68.4 cm³/mol. The molecular formula is C7H11F5N2O7S3. The molecule has 0 saturated carbocycles. The van der Waals surface area contributed by atoms with Crippen molar-refractivity contribution in [2.45, 2.75) is 10.8 Å². The normalized spacial score (nSPS) is 20.2. The lowest BCUT2D eigenvalue weighted by Gasteiger charge is -2.34. The molecule has 1 N–H and O–H groups in total. The van der Waals surface area contributed by atoms with E-state index in [2.05, 4.69) is 0 Å².